The van der Waals surface area contributed by atoms with Gasteiger partial charge < -0.3 is 15.2 Å². The topological polar surface area (TPSA) is 41.5 Å². The van der Waals surface area contributed by atoms with Crippen molar-refractivity contribution in [2.75, 3.05) is 13.7 Å². The lowest BCUT2D eigenvalue weighted by atomic mass is 10.1. The van der Waals surface area contributed by atoms with Crippen LogP contribution in [0.3, 0.4) is 0 Å². The molecule has 0 amide bonds. The lowest BCUT2D eigenvalue weighted by Crippen LogP contribution is -2.21. The van der Waals surface area contributed by atoms with Gasteiger partial charge in [0.05, 0.1) is 7.11 Å². The van der Waals surface area contributed by atoms with Gasteiger partial charge in [0.1, 0.15) is 11.5 Å². The third kappa shape index (κ3) is 3.72. The molecule has 4 heteroatoms. The molecule has 0 radical (unpaired) electrons. The van der Waals surface area contributed by atoms with E-state index in [0.717, 1.165) is 18.5 Å². The summed E-state index contributed by atoms with van der Waals surface area (Å²) in [7, 11) is 1.59. The minimum Gasteiger partial charge on any atom is -0.507 e. The zero-order chi connectivity index (χ0) is 13.7. The fourth-order valence-electron chi connectivity index (χ4n) is 1.99. The van der Waals surface area contributed by atoms with Crippen molar-refractivity contribution in [1.29, 1.82) is 0 Å². The van der Waals surface area contributed by atoms with E-state index in [9.17, 15) is 5.11 Å². The maximum atomic E-state index is 9.96. The van der Waals surface area contributed by atoms with Gasteiger partial charge in [0.25, 0.3) is 0 Å². The second-order valence-electron chi connectivity index (χ2n) is 4.48. The van der Waals surface area contributed by atoms with Gasteiger partial charge in [-0.25, -0.2) is 0 Å². The highest BCUT2D eigenvalue weighted by atomic mass is 32.1. The molecule has 1 aromatic heterocycles. The first-order valence-corrected chi connectivity index (χ1v) is 7.26. The minimum atomic E-state index is 0.115. The van der Waals surface area contributed by atoms with E-state index in [1.54, 1.807) is 24.5 Å². The maximum absolute atomic E-state index is 9.96. The lowest BCUT2D eigenvalue weighted by Gasteiger charge is -2.16. The fourth-order valence-corrected chi connectivity index (χ4v) is 2.70. The Morgan fingerprint density at radius 1 is 1.37 bits per heavy atom. The summed E-state index contributed by atoms with van der Waals surface area (Å²) in [5, 5.41) is 17.6. The number of hydrogen-bond donors (Lipinski definition) is 2. The lowest BCUT2D eigenvalue weighted by molar-refractivity contribution is 0.404. The molecule has 2 rings (SSSR count). The Morgan fingerprint density at radius 2 is 2.21 bits per heavy atom. The molecule has 19 heavy (non-hydrogen) atoms. The molecule has 0 aliphatic rings. The number of rotatable bonds is 6. The zero-order valence-electron chi connectivity index (χ0n) is 11.2. The molecule has 2 N–H and O–H groups in total. The standard InChI is InChI=1S/C15H19NO2S/c1-11(16-7-5-12-6-8-19-10-12)14-4-3-13(18-2)9-15(14)17/h3-4,6,8-11,16-17H,5,7H2,1-2H3. The van der Waals surface area contributed by atoms with Crippen molar-refractivity contribution in [2.45, 2.75) is 19.4 Å². The van der Waals surface area contributed by atoms with Gasteiger partial charge in [0.2, 0.25) is 0 Å². The Morgan fingerprint density at radius 3 is 2.84 bits per heavy atom. The van der Waals surface area contributed by atoms with E-state index >= 15 is 0 Å². The molecule has 0 fully saturated rings. The number of methoxy groups -OCH3 is 1. The number of phenolic OH excluding ortho intramolecular Hbond substituents is 1. The normalized spacial score (nSPS) is 12.3. The molecule has 3 nitrogen and oxygen atoms in total. The number of nitrogens with one attached hydrogen (secondary N) is 1. The summed E-state index contributed by atoms with van der Waals surface area (Å²) in [6.45, 7) is 2.94. The molecule has 2 aromatic rings. The van der Waals surface area contributed by atoms with Crippen LogP contribution in [0, 0.1) is 0 Å². The van der Waals surface area contributed by atoms with Crippen LogP contribution in [0.4, 0.5) is 0 Å². The van der Waals surface area contributed by atoms with Gasteiger partial charge in [-0.3, -0.25) is 0 Å². The van der Waals surface area contributed by atoms with Crippen molar-refractivity contribution in [1.82, 2.24) is 5.32 Å². The van der Waals surface area contributed by atoms with E-state index < -0.39 is 0 Å². The van der Waals surface area contributed by atoms with Crippen molar-refractivity contribution < 1.29 is 9.84 Å². The molecule has 0 spiro atoms. The zero-order valence-corrected chi connectivity index (χ0v) is 12.0. The summed E-state index contributed by atoms with van der Waals surface area (Å²) in [5.74, 6) is 0.946. The van der Waals surface area contributed by atoms with Crippen molar-refractivity contribution in [3.05, 3.63) is 46.2 Å². The van der Waals surface area contributed by atoms with Gasteiger partial charge in [-0.1, -0.05) is 6.07 Å². The predicted octanol–water partition coefficient (Wildman–Crippen LogP) is 3.36. The van der Waals surface area contributed by atoms with Crippen LogP contribution in [-0.4, -0.2) is 18.8 Å². The fraction of sp³-hybridized carbons (Fsp3) is 0.333. The molecular formula is C15H19NO2S. The maximum Gasteiger partial charge on any atom is 0.124 e. The van der Waals surface area contributed by atoms with Crippen LogP contribution >= 0.6 is 11.3 Å². The van der Waals surface area contributed by atoms with E-state index in [0.29, 0.717) is 5.75 Å². The Bertz CT molecular complexity index is 511. The number of phenols is 1. The number of aromatic hydroxyl groups is 1. The highest BCUT2D eigenvalue weighted by molar-refractivity contribution is 7.07. The van der Waals surface area contributed by atoms with Crippen LogP contribution < -0.4 is 10.1 Å². The van der Waals surface area contributed by atoms with Crippen LogP contribution in [0.2, 0.25) is 0 Å². The van der Waals surface area contributed by atoms with Gasteiger partial charge in [0.15, 0.2) is 0 Å². The highest BCUT2D eigenvalue weighted by Crippen LogP contribution is 2.28. The van der Waals surface area contributed by atoms with Crippen molar-refractivity contribution >= 4 is 11.3 Å². The Balaban J connectivity index is 1.90. The molecular weight excluding hydrogens is 258 g/mol. The second-order valence-corrected chi connectivity index (χ2v) is 5.26. The molecule has 0 aliphatic heterocycles. The summed E-state index contributed by atoms with van der Waals surface area (Å²) >= 11 is 1.72. The molecule has 1 aromatic carbocycles. The molecule has 1 heterocycles. The van der Waals surface area contributed by atoms with Crippen molar-refractivity contribution in [3.63, 3.8) is 0 Å². The Kier molecular flexibility index (Phi) is 4.82. The van der Waals surface area contributed by atoms with Gasteiger partial charge in [0, 0.05) is 17.7 Å². The minimum absolute atomic E-state index is 0.115. The molecule has 1 unspecified atom stereocenters. The third-order valence-corrected chi connectivity index (χ3v) is 3.88. The van der Waals surface area contributed by atoms with Gasteiger partial charge in [-0.2, -0.15) is 11.3 Å². The summed E-state index contributed by atoms with van der Waals surface area (Å²) in [6.07, 6.45) is 1.00. The van der Waals surface area contributed by atoms with E-state index in [1.807, 2.05) is 12.1 Å². The van der Waals surface area contributed by atoms with Gasteiger partial charge in [-0.15, -0.1) is 0 Å². The van der Waals surface area contributed by atoms with Gasteiger partial charge >= 0.3 is 0 Å². The average Bonchev–Trinajstić information content (AvgIpc) is 2.91. The Hall–Kier alpha value is -1.52. The average molecular weight is 277 g/mol. The van der Waals surface area contributed by atoms with Gasteiger partial charge in [-0.05, 0) is 48.3 Å². The molecule has 102 valence electrons. The second kappa shape index (κ2) is 6.59. The molecule has 0 aliphatic carbocycles. The number of thiophene rings is 1. The number of ether oxygens (including phenoxy) is 1. The van der Waals surface area contributed by atoms with E-state index in [2.05, 4.69) is 29.1 Å². The van der Waals surface area contributed by atoms with Crippen molar-refractivity contribution in [3.8, 4) is 11.5 Å². The molecule has 0 saturated heterocycles. The van der Waals surface area contributed by atoms with Crippen LogP contribution in [0.15, 0.2) is 35.0 Å². The van der Waals surface area contributed by atoms with E-state index in [4.69, 9.17) is 4.74 Å². The first-order valence-electron chi connectivity index (χ1n) is 6.32. The summed E-state index contributed by atoms with van der Waals surface area (Å²) in [4.78, 5) is 0. The monoisotopic (exact) mass is 277 g/mol. The summed E-state index contributed by atoms with van der Waals surface area (Å²) < 4.78 is 5.08. The highest BCUT2D eigenvalue weighted by Gasteiger charge is 2.10. The molecule has 0 saturated carbocycles. The largest absolute Gasteiger partial charge is 0.507 e. The first-order chi connectivity index (χ1) is 9.20. The third-order valence-electron chi connectivity index (χ3n) is 3.15. The van der Waals surface area contributed by atoms with Crippen molar-refractivity contribution in [2.24, 2.45) is 0 Å². The summed E-state index contributed by atoms with van der Waals surface area (Å²) in [5.41, 5.74) is 2.25. The van der Waals surface area contributed by atoms with Crippen LogP contribution in [-0.2, 0) is 6.42 Å². The van der Waals surface area contributed by atoms with E-state index in [-0.39, 0.29) is 11.8 Å². The summed E-state index contributed by atoms with van der Waals surface area (Å²) in [6, 6.07) is 7.67. The number of hydrogen-bond acceptors (Lipinski definition) is 4. The van der Waals surface area contributed by atoms with Crippen LogP contribution in [0.1, 0.15) is 24.1 Å². The quantitative estimate of drug-likeness (QED) is 0.850. The van der Waals surface area contributed by atoms with Crippen LogP contribution in [0.5, 0.6) is 11.5 Å². The SMILES string of the molecule is COc1ccc(C(C)NCCc2ccsc2)c(O)c1. The number of benzene rings is 1. The first kappa shape index (κ1) is 13.9. The Labute approximate surface area is 117 Å². The smallest absolute Gasteiger partial charge is 0.124 e. The van der Waals surface area contributed by atoms with Crippen LogP contribution in [0.25, 0.3) is 0 Å². The molecule has 0 bridgehead atoms. The molecule has 1 atom stereocenters. The predicted molar refractivity (Wildman–Crippen MR) is 79.1 cm³/mol. The van der Waals surface area contributed by atoms with E-state index in [1.165, 1.54) is 5.56 Å².